The first-order chi connectivity index (χ1) is 6.65. The fourth-order valence-corrected chi connectivity index (χ4v) is 7.97. The Morgan fingerprint density at radius 1 is 1.07 bits per heavy atom. The van der Waals surface area contributed by atoms with Crippen LogP contribution in [-0.4, -0.2) is 7.22 Å². The Bertz CT molecular complexity index is 299. The Morgan fingerprint density at radius 2 is 1.57 bits per heavy atom. The van der Waals surface area contributed by atoms with Gasteiger partial charge in [-0.25, -0.2) is 0 Å². The quantitative estimate of drug-likeness (QED) is 0.547. The van der Waals surface area contributed by atoms with E-state index in [1.807, 2.05) is 0 Å². The van der Waals surface area contributed by atoms with E-state index in [-0.39, 0.29) is 0 Å². The van der Waals surface area contributed by atoms with Crippen molar-refractivity contribution in [1.82, 2.24) is 0 Å². The summed E-state index contributed by atoms with van der Waals surface area (Å²) in [5, 5.41) is 1.53. The second kappa shape index (κ2) is 3.74. The molecule has 0 unspecified atom stereocenters. The van der Waals surface area contributed by atoms with Crippen LogP contribution in [0.15, 0.2) is 30.3 Å². The first kappa shape index (κ1) is 10.3. The summed E-state index contributed by atoms with van der Waals surface area (Å²) in [7, 11) is -1.47. The number of hydrogen-bond acceptors (Lipinski definition) is 1. The standard InChI is InChI=1S/C12H18SSi/c1-10-8-9-11(2)14(10,13)12-6-4-3-5-7-12/h3-7,10-11,13H,8-9H2,1-2H3/t10-,11-/m0/s1. The molecule has 0 aromatic heterocycles. The van der Waals surface area contributed by atoms with Crippen molar-refractivity contribution in [3.63, 3.8) is 0 Å². The minimum absolute atomic E-state index is 0.822. The van der Waals surface area contributed by atoms with Crippen molar-refractivity contribution < 1.29 is 0 Å². The van der Waals surface area contributed by atoms with E-state index >= 15 is 0 Å². The molecule has 0 nitrogen and oxygen atoms in total. The monoisotopic (exact) mass is 222 g/mol. The summed E-state index contributed by atoms with van der Waals surface area (Å²) in [5.41, 5.74) is 1.64. The first-order valence-electron chi connectivity index (χ1n) is 5.43. The lowest BCUT2D eigenvalue weighted by Crippen LogP contribution is -2.45. The van der Waals surface area contributed by atoms with Gasteiger partial charge in [-0.3, -0.25) is 0 Å². The molecular weight excluding hydrogens is 204 g/mol. The Morgan fingerprint density at radius 3 is 2.07 bits per heavy atom. The normalized spacial score (nSPS) is 30.5. The molecular formula is C12H18SSi. The maximum absolute atomic E-state index is 5.10. The van der Waals surface area contributed by atoms with Crippen LogP contribution in [0.4, 0.5) is 0 Å². The van der Waals surface area contributed by atoms with Gasteiger partial charge in [0.2, 0.25) is 0 Å². The van der Waals surface area contributed by atoms with Gasteiger partial charge in [-0.05, 0) is 16.3 Å². The Kier molecular flexibility index (Phi) is 2.76. The Hall–Kier alpha value is -0.213. The molecule has 0 bridgehead atoms. The van der Waals surface area contributed by atoms with Crippen molar-refractivity contribution in [3.8, 4) is 0 Å². The van der Waals surface area contributed by atoms with Gasteiger partial charge in [-0.1, -0.05) is 57.0 Å². The fourth-order valence-electron chi connectivity index (χ4n) is 2.70. The molecule has 14 heavy (non-hydrogen) atoms. The Labute approximate surface area is 92.8 Å². The summed E-state index contributed by atoms with van der Waals surface area (Å²) in [6.45, 7) is 4.77. The predicted octanol–water partition coefficient (Wildman–Crippen LogP) is 3.34. The highest BCUT2D eigenvalue weighted by Crippen LogP contribution is 2.48. The van der Waals surface area contributed by atoms with Crippen LogP contribution >= 0.6 is 12.1 Å². The van der Waals surface area contributed by atoms with Gasteiger partial charge in [0.05, 0.1) is 0 Å². The SMILES string of the molecule is C[C@H]1CC[C@H](C)[Si]1(S)c1ccccc1. The molecule has 1 aliphatic heterocycles. The van der Waals surface area contributed by atoms with Gasteiger partial charge in [0.15, 0.2) is 0 Å². The van der Waals surface area contributed by atoms with Crippen molar-refractivity contribution >= 4 is 24.5 Å². The predicted molar refractivity (Wildman–Crippen MR) is 68.9 cm³/mol. The highest BCUT2D eigenvalue weighted by Gasteiger charge is 2.46. The molecule has 76 valence electrons. The molecule has 1 saturated heterocycles. The average molecular weight is 222 g/mol. The largest absolute Gasteiger partial charge is 0.195 e. The van der Waals surface area contributed by atoms with E-state index in [4.69, 9.17) is 12.1 Å². The second-order valence-electron chi connectivity index (χ2n) is 4.57. The lowest BCUT2D eigenvalue weighted by atomic mass is 10.2. The van der Waals surface area contributed by atoms with E-state index in [2.05, 4.69) is 44.2 Å². The van der Waals surface area contributed by atoms with Gasteiger partial charge >= 0.3 is 0 Å². The molecule has 0 N–H and O–H groups in total. The summed E-state index contributed by atoms with van der Waals surface area (Å²) < 4.78 is 0. The minimum Gasteiger partial charge on any atom is -0.195 e. The van der Waals surface area contributed by atoms with Crippen molar-refractivity contribution in [2.24, 2.45) is 0 Å². The van der Waals surface area contributed by atoms with Crippen molar-refractivity contribution in [2.45, 2.75) is 37.8 Å². The van der Waals surface area contributed by atoms with Crippen molar-refractivity contribution in [2.75, 3.05) is 0 Å². The molecule has 2 rings (SSSR count). The maximum atomic E-state index is 5.10. The molecule has 0 amide bonds. The van der Waals surface area contributed by atoms with Crippen LogP contribution in [-0.2, 0) is 0 Å². The third-order valence-corrected chi connectivity index (χ3v) is 12.0. The van der Waals surface area contributed by atoms with E-state index in [1.165, 1.54) is 18.0 Å². The summed E-state index contributed by atoms with van der Waals surface area (Å²) in [5.74, 6) is 0. The van der Waals surface area contributed by atoms with Crippen molar-refractivity contribution in [3.05, 3.63) is 30.3 Å². The van der Waals surface area contributed by atoms with Crippen LogP contribution in [0.3, 0.4) is 0 Å². The summed E-state index contributed by atoms with van der Waals surface area (Å²) in [6, 6.07) is 10.9. The van der Waals surface area contributed by atoms with Gasteiger partial charge < -0.3 is 0 Å². The van der Waals surface area contributed by atoms with Crippen LogP contribution in [0, 0.1) is 0 Å². The highest BCUT2D eigenvalue weighted by molar-refractivity contribution is 8.16. The Balaban J connectivity index is 2.40. The molecule has 1 aliphatic rings. The molecule has 0 spiro atoms. The third-order valence-electron chi connectivity index (χ3n) is 3.77. The lowest BCUT2D eigenvalue weighted by Gasteiger charge is -2.30. The van der Waals surface area contributed by atoms with Crippen LogP contribution in [0.1, 0.15) is 26.7 Å². The van der Waals surface area contributed by atoms with E-state index in [0.29, 0.717) is 0 Å². The minimum atomic E-state index is -1.47. The van der Waals surface area contributed by atoms with E-state index in [1.54, 1.807) is 0 Å². The average Bonchev–Trinajstić information content (AvgIpc) is 2.49. The zero-order chi connectivity index (χ0) is 10.2. The number of thiol groups is 1. The summed E-state index contributed by atoms with van der Waals surface area (Å²) >= 11 is 5.10. The van der Waals surface area contributed by atoms with Crippen LogP contribution in [0.2, 0.25) is 11.1 Å². The zero-order valence-corrected chi connectivity index (χ0v) is 10.8. The molecule has 2 atom stereocenters. The van der Waals surface area contributed by atoms with Gasteiger partial charge in [0.1, 0.15) is 7.22 Å². The summed E-state index contributed by atoms with van der Waals surface area (Å²) in [4.78, 5) is 0. The zero-order valence-electron chi connectivity index (χ0n) is 8.90. The molecule has 1 heterocycles. The van der Waals surface area contributed by atoms with Gasteiger partial charge in [0.25, 0.3) is 0 Å². The topological polar surface area (TPSA) is 0 Å². The highest BCUT2D eigenvalue weighted by atomic mass is 32.3. The molecule has 1 fully saturated rings. The van der Waals surface area contributed by atoms with E-state index < -0.39 is 7.22 Å². The summed E-state index contributed by atoms with van der Waals surface area (Å²) in [6.07, 6.45) is 2.73. The molecule has 1 aromatic rings. The van der Waals surface area contributed by atoms with E-state index in [9.17, 15) is 0 Å². The maximum Gasteiger partial charge on any atom is 0.149 e. The van der Waals surface area contributed by atoms with Gasteiger partial charge in [-0.2, -0.15) is 12.1 Å². The van der Waals surface area contributed by atoms with Gasteiger partial charge in [-0.15, -0.1) is 0 Å². The smallest absolute Gasteiger partial charge is 0.149 e. The molecule has 2 heteroatoms. The molecule has 0 aliphatic carbocycles. The van der Waals surface area contributed by atoms with Crippen LogP contribution in [0.5, 0.6) is 0 Å². The van der Waals surface area contributed by atoms with Crippen LogP contribution in [0.25, 0.3) is 0 Å². The third kappa shape index (κ3) is 1.45. The number of benzene rings is 1. The lowest BCUT2D eigenvalue weighted by molar-refractivity contribution is 0.765. The molecule has 0 radical (unpaired) electrons. The van der Waals surface area contributed by atoms with Crippen LogP contribution < -0.4 is 5.19 Å². The number of rotatable bonds is 1. The molecule has 0 saturated carbocycles. The fraction of sp³-hybridized carbons (Fsp3) is 0.500. The first-order valence-corrected chi connectivity index (χ1v) is 8.88. The number of hydrogen-bond donors (Lipinski definition) is 1. The van der Waals surface area contributed by atoms with Crippen molar-refractivity contribution in [1.29, 1.82) is 0 Å². The van der Waals surface area contributed by atoms with Gasteiger partial charge in [0, 0.05) is 0 Å². The second-order valence-corrected chi connectivity index (χ2v) is 11.0. The molecule has 1 aromatic carbocycles. The van der Waals surface area contributed by atoms with E-state index in [0.717, 1.165) is 11.1 Å².